The molecule has 2 rings (SSSR count). The quantitative estimate of drug-likeness (QED) is 0.412. The van der Waals surface area contributed by atoms with Crippen molar-refractivity contribution in [1.82, 2.24) is 15.0 Å². The van der Waals surface area contributed by atoms with E-state index in [0.717, 1.165) is 37.9 Å². The Labute approximate surface area is 147 Å². The number of hydrogen-bond acceptors (Lipinski definition) is 5. The molecule has 1 fully saturated rings. The molecule has 9 nitrogen and oxygen atoms in total. The minimum atomic E-state index is -3.92. The van der Waals surface area contributed by atoms with E-state index in [2.05, 4.69) is 15.0 Å². The van der Waals surface area contributed by atoms with Crippen molar-refractivity contribution in [3.05, 3.63) is 18.0 Å². The highest BCUT2D eigenvalue weighted by Crippen LogP contribution is 2.26. The van der Waals surface area contributed by atoms with Gasteiger partial charge in [0, 0.05) is 18.8 Å². The molecule has 10 heteroatoms. The van der Waals surface area contributed by atoms with Crippen LogP contribution in [-0.4, -0.2) is 44.3 Å². The van der Waals surface area contributed by atoms with Crippen LogP contribution in [0.25, 0.3) is 0 Å². The molecule has 1 atom stereocenters. The molecule has 0 aromatic carbocycles. The van der Waals surface area contributed by atoms with E-state index in [1.807, 2.05) is 0 Å². The van der Waals surface area contributed by atoms with E-state index >= 15 is 0 Å². The zero-order valence-electron chi connectivity index (χ0n) is 14.0. The smallest absolute Gasteiger partial charge is 0.265 e. The zero-order valence-corrected chi connectivity index (χ0v) is 14.8. The van der Waals surface area contributed by atoms with Crippen molar-refractivity contribution in [2.24, 2.45) is 17.4 Å². The lowest BCUT2D eigenvalue weighted by atomic mass is 9.84. The van der Waals surface area contributed by atoms with Gasteiger partial charge in [0.2, 0.25) is 15.9 Å². The van der Waals surface area contributed by atoms with Gasteiger partial charge in [0.15, 0.2) is 0 Å². The second-order valence-electron chi connectivity index (χ2n) is 6.25. The first-order valence-electron chi connectivity index (χ1n) is 8.31. The van der Waals surface area contributed by atoms with Crippen LogP contribution >= 0.6 is 0 Å². The lowest BCUT2D eigenvalue weighted by molar-refractivity contribution is -0.121. The Morgan fingerprint density at radius 2 is 1.96 bits per heavy atom. The van der Waals surface area contributed by atoms with E-state index in [0.29, 0.717) is 12.5 Å². The van der Waals surface area contributed by atoms with Gasteiger partial charge in [0.1, 0.15) is 10.6 Å². The molecule has 0 spiro atoms. The molecule has 1 aliphatic carbocycles. The summed E-state index contributed by atoms with van der Waals surface area (Å²) < 4.78 is 26.5. The number of aromatic amines is 1. The van der Waals surface area contributed by atoms with Crippen LogP contribution in [0.2, 0.25) is 0 Å². The molecule has 2 amide bonds. The molecule has 1 unspecified atom stereocenters. The Bertz CT molecular complexity index is 709. The molecule has 7 N–H and O–H groups in total. The average Bonchev–Trinajstić information content (AvgIpc) is 3.10. The Morgan fingerprint density at radius 1 is 1.28 bits per heavy atom. The van der Waals surface area contributed by atoms with Crippen molar-refractivity contribution in [2.45, 2.75) is 43.0 Å². The van der Waals surface area contributed by atoms with E-state index in [4.69, 9.17) is 11.5 Å². The summed E-state index contributed by atoms with van der Waals surface area (Å²) in [5, 5.41) is 2.81. The van der Waals surface area contributed by atoms with E-state index in [1.165, 1.54) is 6.42 Å². The Balaban J connectivity index is 1.89. The molecule has 0 radical (unpaired) electrons. The number of nitrogens with two attached hydrogens (primary N) is 2. The summed E-state index contributed by atoms with van der Waals surface area (Å²) in [6.07, 6.45) is 6.63. The van der Waals surface area contributed by atoms with E-state index < -0.39 is 28.4 Å². The second kappa shape index (κ2) is 8.45. The highest BCUT2D eigenvalue weighted by atomic mass is 32.2. The minimum absolute atomic E-state index is 0.0229. The van der Waals surface area contributed by atoms with Gasteiger partial charge < -0.3 is 21.8 Å². The normalized spacial score (nSPS) is 17.2. The lowest BCUT2D eigenvalue weighted by Gasteiger charge is -2.30. The number of hydrogen-bond donors (Lipinski definition) is 5. The molecule has 1 aromatic heterocycles. The molecule has 0 saturated heterocycles. The van der Waals surface area contributed by atoms with Gasteiger partial charge in [-0.1, -0.05) is 19.3 Å². The predicted molar refractivity (Wildman–Crippen MR) is 92.1 cm³/mol. The second-order valence-corrected chi connectivity index (χ2v) is 8.01. The van der Waals surface area contributed by atoms with Gasteiger partial charge in [0.05, 0.1) is 6.54 Å². The van der Waals surface area contributed by atoms with Gasteiger partial charge >= 0.3 is 0 Å². The Morgan fingerprint density at radius 3 is 2.52 bits per heavy atom. The number of nitrogens with one attached hydrogen (secondary N) is 3. The highest BCUT2D eigenvalue weighted by Gasteiger charge is 2.25. The fraction of sp³-hybridized carbons (Fsp3) is 0.600. The largest absolute Gasteiger partial charge is 0.364 e. The Kier molecular flexibility index (Phi) is 6.57. The number of carbonyl (C=O) groups excluding carboxylic acids is 2. The summed E-state index contributed by atoms with van der Waals surface area (Å²) in [5.41, 5.74) is 10.8. The van der Waals surface area contributed by atoms with E-state index in [-0.39, 0.29) is 16.6 Å². The van der Waals surface area contributed by atoms with Crippen molar-refractivity contribution in [2.75, 3.05) is 13.1 Å². The van der Waals surface area contributed by atoms with Gasteiger partial charge in [-0.15, -0.1) is 0 Å². The van der Waals surface area contributed by atoms with Gasteiger partial charge in [-0.05, 0) is 24.8 Å². The number of sulfonamides is 1. The first-order chi connectivity index (χ1) is 11.8. The summed E-state index contributed by atoms with van der Waals surface area (Å²) in [5.74, 6) is -0.866. The van der Waals surface area contributed by atoms with Crippen molar-refractivity contribution in [1.29, 1.82) is 0 Å². The summed E-state index contributed by atoms with van der Waals surface area (Å²) in [7, 11) is -3.92. The van der Waals surface area contributed by atoms with Gasteiger partial charge in [-0.3, -0.25) is 9.59 Å². The average molecular weight is 371 g/mol. The summed E-state index contributed by atoms with van der Waals surface area (Å²) in [4.78, 5) is 25.4. The first-order valence-corrected chi connectivity index (χ1v) is 9.79. The van der Waals surface area contributed by atoms with Crippen molar-refractivity contribution >= 4 is 21.8 Å². The number of primary amides is 1. The van der Waals surface area contributed by atoms with Crippen LogP contribution in [0.5, 0.6) is 0 Å². The molecule has 1 heterocycles. The Hall–Kier alpha value is -1.91. The van der Waals surface area contributed by atoms with Gasteiger partial charge in [0.25, 0.3) is 5.91 Å². The van der Waals surface area contributed by atoms with Crippen LogP contribution in [0.3, 0.4) is 0 Å². The van der Waals surface area contributed by atoms with Crippen LogP contribution in [-0.2, 0) is 14.8 Å². The third kappa shape index (κ3) is 5.28. The van der Waals surface area contributed by atoms with Gasteiger partial charge in [-0.2, -0.15) is 0 Å². The third-order valence-electron chi connectivity index (χ3n) is 4.47. The van der Waals surface area contributed by atoms with E-state index in [9.17, 15) is 18.0 Å². The summed E-state index contributed by atoms with van der Waals surface area (Å²) >= 11 is 0. The highest BCUT2D eigenvalue weighted by molar-refractivity contribution is 7.89. The lowest BCUT2D eigenvalue weighted by Crippen LogP contribution is -2.49. The summed E-state index contributed by atoms with van der Waals surface area (Å²) in [6, 6.07) is 0.971. The monoisotopic (exact) mass is 371 g/mol. The number of aromatic nitrogens is 1. The molecule has 1 aliphatic rings. The van der Waals surface area contributed by atoms with Crippen molar-refractivity contribution < 1.29 is 18.0 Å². The fourth-order valence-electron chi connectivity index (χ4n) is 3.08. The standard InChI is InChI=1S/C15H25N5O4S/c16-7-13(10-4-2-1-3-5-10)20-14(21)9-19-25(23,24)11-6-12(15(17)22)18-8-11/h6,8,10,13,18-19H,1-5,7,9,16H2,(H2,17,22)(H,20,21). The predicted octanol–water partition coefficient (Wildman–Crippen LogP) is -0.584. The molecule has 0 bridgehead atoms. The van der Waals surface area contributed by atoms with Crippen LogP contribution < -0.4 is 21.5 Å². The van der Waals surface area contributed by atoms with Crippen molar-refractivity contribution in [3.63, 3.8) is 0 Å². The van der Waals surface area contributed by atoms with Gasteiger partial charge in [-0.25, -0.2) is 13.1 Å². The first kappa shape index (κ1) is 19.4. The van der Waals surface area contributed by atoms with E-state index in [1.54, 1.807) is 0 Å². The fourth-order valence-corrected chi connectivity index (χ4v) is 4.05. The molecule has 0 aliphatic heterocycles. The van der Waals surface area contributed by atoms with Crippen LogP contribution in [0.15, 0.2) is 17.2 Å². The molecular formula is C15H25N5O4S. The third-order valence-corrected chi connectivity index (χ3v) is 5.85. The zero-order chi connectivity index (χ0) is 18.4. The SMILES string of the molecule is NCC(NC(=O)CNS(=O)(=O)c1c[nH]c(C(N)=O)c1)C1CCCCC1. The maximum atomic E-state index is 12.1. The van der Waals surface area contributed by atoms with Crippen LogP contribution in [0, 0.1) is 5.92 Å². The topological polar surface area (TPSA) is 160 Å². The molecule has 25 heavy (non-hydrogen) atoms. The summed E-state index contributed by atoms with van der Waals surface area (Å²) in [6.45, 7) is -0.0778. The number of amides is 2. The van der Waals surface area contributed by atoms with Crippen LogP contribution in [0.4, 0.5) is 0 Å². The van der Waals surface area contributed by atoms with Crippen molar-refractivity contribution in [3.8, 4) is 0 Å². The molecule has 1 aromatic rings. The molecule has 1 saturated carbocycles. The maximum Gasteiger partial charge on any atom is 0.265 e. The maximum absolute atomic E-state index is 12.1. The number of rotatable bonds is 8. The number of H-pyrrole nitrogens is 1. The molecule has 140 valence electrons. The minimum Gasteiger partial charge on any atom is -0.364 e. The van der Waals surface area contributed by atoms with Crippen LogP contribution in [0.1, 0.15) is 42.6 Å². The number of carbonyl (C=O) groups is 2. The molecular weight excluding hydrogens is 346 g/mol.